The van der Waals surface area contributed by atoms with Crippen molar-refractivity contribution in [3.05, 3.63) is 70.8 Å². The molecule has 1 aromatic carbocycles. The summed E-state index contributed by atoms with van der Waals surface area (Å²) in [7, 11) is 3.54. The average Bonchev–Trinajstić information content (AvgIpc) is 3.08. The molecule has 0 bridgehead atoms. The minimum Gasteiger partial charge on any atom is -0.455 e. The summed E-state index contributed by atoms with van der Waals surface area (Å²) in [6.07, 6.45) is 4.73. The van der Waals surface area contributed by atoms with E-state index in [4.69, 9.17) is 24.9 Å². The van der Waals surface area contributed by atoms with Gasteiger partial charge < -0.3 is 35.9 Å². The Morgan fingerprint density at radius 2 is 2.03 bits per heavy atom. The maximum absolute atomic E-state index is 6.50. The van der Waals surface area contributed by atoms with E-state index in [1.54, 1.807) is 13.3 Å². The molecule has 5 N–H and O–H groups in total. The summed E-state index contributed by atoms with van der Waals surface area (Å²) in [5.74, 6) is 2.74. The van der Waals surface area contributed by atoms with Gasteiger partial charge in [0.15, 0.2) is 0 Å². The Bertz CT molecular complexity index is 1080. The number of aryl methyl sites for hydroxylation is 2. The minimum absolute atomic E-state index is 0.435. The van der Waals surface area contributed by atoms with Crippen molar-refractivity contribution in [3.8, 4) is 11.5 Å². The van der Waals surface area contributed by atoms with Crippen molar-refractivity contribution in [1.82, 2.24) is 20.9 Å². The summed E-state index contributed by atoms with van der Waals surface area (Å²) >= 11 is 0. The van der Waals surface area contributed by atoms with E-state index < -0.39 is 0 Å². The van der Waals surface area contributed by atoms with Gasteiger partial charge in [0.2, 0.25) is 0 Å². The third kappa shape index (κ3) is 8.37. The Hall–Kier alpha value is -3.40. The molecule has 194 valence electrons. The lowest BCUT2D eigenvalue weighted by atomic mass is 10.1. The summed E-state index contributed by atoms with van der Waals surface area (Å²) in [6.45, 7) is 8.11. The number of nitrogens with zero attached hydrogens (tertiary/aromatic N) is 2. The van der Waals surface area contributed by atoms with Crippen LogP contribution in [0.2, 0.25) is 0 Å². The van der Waals surface area contributed by atoms with Crippen LogP contribution in [-0.2, 0) is 9.47 Å². The Morgan fingerprint density at radius 3 is 2.75 bits per heavy atom. The lowest BCUT2D eigenvalue weighted by Gasteiger charge is -2.13. The molecule has 1 aliphatic heterocycles. The predicted molar refractivity (Wildman–Crippen MR) is 144 cm³/mol. The number of benzene rings is 1. The quantitative estimate of drug-likeness (QED) is 0.191. The van der Waals surface area contributed by atoms with Gasteiger partial charge in [-0.05, 0) is 62.2 Å². The molecule has 0 saturated carbocycles. The first kappa shape index (κ1) is 27.2. The zero-order chi connectivity index (χ0) is 25.8. The molecule has 0 spiro atoms. The zero-order valence-corrected chi connectivity index (χ0v) is 21.7. The standard InChI is InChI=1S/C27H38N6O3/c1-19-15-22(6-8-25(19)36-23-7-5-20(2)32-18-23)33-26(28)24-16-21(9-10-31-27(24)29-3)17-30-11-12-35-14-13-34-4/h5-8,15-16,18,29-31H,9-14,17H2,1-4H3,(H2,28,33). The molecule has 0 amide bonds. The molecule has 3 rings (SSSR count). The number of amidine groups is 1. The molecule has 0 fully saturated rings. The van der Waals surface area contributed by atoms with Crippen molar-refractivity contribution in [2.45, 2.75) is 20.3 Å². The van der Waals surface area contributed by atoms with Gasteiger partial charge in [-0.3, -0.25) is 4.98 Å². The molecule has 9 nitrogen and oxygen atoms in total. The number of aromatic nitrogens is 1. The zero-order valence-electron chi connectivity index (χ0n) is 21.7. The van der Waals surface area contributed by atoms with E-state index in [0.717, 1.165) is 60.1 Å². The smallest absolute Gasteiger partial charge is 0.145 e. The normalized spacial score (nSPS) is 14.2. The van der Waals surface area contributed by atoms with Crippen LogP contribution in [0.5, 0.6) is 11.5 Å². The van der Waals surface area contributed by atoms with Crippen LogP contribution in [0.15, 0.2) is 64.6 Å². The molecule has 1 aliphatic rings. The monoisotopic (exact) mass is 494 g/mol. The lowest BCUT2D eigenvalue weighted by molar-refractivity contribution is 0.0722. The summed E-state index contributed by atoms with van der Waals surface area (Å²) in [5, 5.41) is 10.1. The summed E-state index contributed by atoms with van der Waals surface area (Å²) in [5.41, 5.74) is 11.2. The fourth-order valence-electron chi connectivity index (χ4n) is 3.65. The van der Waals surface area contributed by atoms with Gasteiger partial charge in [-0.15, -0.1) is 0 Å². The third-order valence-electron chi connectivity index (χ3n) is 5.62. The largest absolute Gasteiger partial charge is 0.455 e. The molecular formula is C27H38N6O3. The van der Waals surface area contributed by atoms with E-state index in [0.29, 0.717) is 31.4 Å². The topological polar surface area (TPSA) is 115 Å². The third-order valence-corrected chi connectivity index (χ3v) is 5.62. The van der Waals surface area contributed by atoms with Gasteiger partial charge in [0.1, 0.15) is 23.2 Å². The van der Waals surface area contributed by atoms with E-state index in [1.807, 2.05) is 51.2 Å². The van der Waals surface area contributed by atoms with Gasteiger partial charge in [-0.1, -0.05) is 5.57 Å². The molecular weight excluding hydrogens is 456 g/mol. The van der Waals surface area contributed by atoms with E-state index in [9.17, 15) is 0 Å². The summed E-state index contributed by atoms with van der Waals surface area (Å²) < 4.78 is 16.5. The van der Waals surface area contributed by atoms with Crippen LogP contribution in [0.3, 0.4) is 0 Å². The minimum atomic E-state index is 0.435. The van der Waals surface area contributed by atoms with Gasteiger partial charge in [0.05, 0.1) is 37.3 Å². The number of nitrogens with one attached hydrogen (secondary N) is 3. The number of hydrogen-bond acceptors (Lipinski definition) is 8. The van der Waals surface area contributed by atoms with Crippen molar-refractivity contribution in [2.75, 3.05) is 53.6 Å². The van der Waals surface area contributed by atoms with E-state index in [1.165, 1.54) is 5.57 Å². The van der Waals surface area contributed by atoms with Gasteiger partial charge in [-0.25, -0.2) is 4.99 Å². The first-order valence-electron chi connectivity index (χ1n) is 12.2. The number of methoxy groups -OCH3 is 1. The van der Waals surface area contributed by atoms with Gasteiger partial charge in [-0.2, -0.15) is 0 Å². The number of hydrogen-bond donors (Lipinski definition) is 4. The first-order valence-corrected chi connectivity index (χ1v) is 12.2. The first-order chi connectivity index (χ1) is 17.5. The van der Waals surface area contributed by atoms with Crippen LogP contribution in [0.4, 0.5) is 5.69 Å². The highest BCUT2D eigenvalue weighted by atomic mass is 16.5. The maximum atomic E-state index is 6.50. The van der Waals surface area contributed by atoms with Gasteiger partial charge in [0, 0.05) is 39.5 Å². The highest BCUT2D eigenvalue weighted by Gasteiger charge is 2.14. The number of rotatable bonds is 13. The second kappa shape index (κ2) is 14.2. The van der Waals surface area contributed by atoms with Crippen molar-refractivity contribution >= 4 is 11.5 Å². The van der Waals surface area contributed by atoms with Crippen molar-refractivity contribution in [3.63, 3.8) is 0 Å². The van der Waals surface area contributed by atoms with E-state index >= 15 is 0 Å². The van der Waals surface area contributed by atoms with Gasteiger partial charge in [0.25, 0.3) is 0 Å². The molecule has 36 heavy (non-hydrogen) atoms. The van der Waals surface area contributed by atoms with Crippen LogP contribution in [0.1, 0.15) is 17.7 Å². The molecule has 2 heterocycles. The van der Waals surface area contributed by atoms with Crippen LogP contribution in [0.25, 0.3) is 0 Å². The van der Waals surface area contributed by atoms with Crippen LogP contribution in [0, 0.1) is 13.8 Å². The number of aliphatic imine (C=N–C) groups is 1. The molecule has 0 unspecified atom stereocenters. The highest BCUT2D eigenvalue weighted by Crippen LogP contribution is 2.28. The lowest BCUT2D eigenvalue weighted by Crippen LogP contribution is -2.28. The summed E-state index contributed by atoms with van der Waals surface area (Å²) in [6, 6.07) is 9.59. The Kier molecular flexibility index (Phi) is 10.7. The van der Waals surface area contributed by atoms with Crippen molar-refractivity contribution < 1.29 is 14.2 Å². The van der Waals surface area contributed by atoms with Crippen molar-refractivity contribution in [1.29, 1.82) is 0 Å². The molecule has 9 heteroatoms. The fourth-order valence-corrected chi connectivity index (χ4v) is 3.65. The van der Waals surface area contributed by atoms with E-state index in [2.05, 4.69) is 27.0 Å². The molecule has 1 aromatic heterocycles. The Balaban J connectivity index is 1.69. The number of nitrogens with two attached hydrogens (primary N) is 1. The SMILES string of the molecule is CNC1=C(C(N)=Nc2ccc(Oc3ccc(C)nc3)c(C)c2)C=C(CNCCOCCOC)CCN1. The fraction of sp³-hybridized carbons (Fsp3) is 0.407. The van der Waals surface area contributed by atoms with Crippen LogP contribution >= 0.6 is 0 Å². The molecule has 0 saturated heterocycles. The van der Waals surface area contributed by atoms with Crippen LogP contribution in [-0.4, -0.2) is 64.4 Å². The van der Waals surface area contributed by atoms with E-state index in [-0.39, 0.29) is 0 Å². The maximum Gasteiger partial charge on any atom is 0.145 e. The second-order valence-electron chi connectivity index (χ2n) is 8.48. The molecule has 2 aromatic rings. The molecule has 0 atom stereocenters. The predicted octanol–water partition coefficient (Wildman–Crippen LogP) is 3.08. The average molecular weight is 495 g/mol. The Labute approximate surface area is 213 Å². The Morgan fingerprint density at radius 1 is 1.17 bits per heavy atom. The summed E-state index contributed by atoms with van der Waals surface area (Å²) in [4.78, 5) is 8.99. The number of ether oxygens (including phenoxy) is 3. The molecule has 0 aliphatic carbocycles. The highest BCUT2D eigenvalue weighted by molar-refractivity contribution is 6.01. The van der Waals surface area contributed by atoms with Gasteiger partial charge >= 0.3 is 0 Å². The number of pyridine rings is 1. The second-order valence-corrected chi connectivity index (χ2v) is 8.48. The van der Waals surface area contributed by atoms with Crippen molar-refractivity contribution in [2.24, 2.45) is 10.7 Å². The molecule has 0 radical (unpaired) electrons. The van der Waals surface area contributed by atoms with Crippen LogP contribution < -0.4 is 26.4 Å².